The van der Waals surface area contributed by atoms with Gasteiger partial charge in [0.1, 0.15) is 0 Å². The van der Waals surface area contributed by atoms with Gasteiger partial charge in [-0.1, -0.05) is 13.8 Å². The summed E-state index contributed by atoms with van der Waals surface area (Å²) in [5.41, 5.74) is 1.74. The topological polar surface area (TPSA) is 92.5 Å². The molecule has 1 saturated heterocycles. The molecule has 1 aliphatic rings. The number of hydrogen-bond acceptors (Lipinski definition) is 4. The minimum atomic E-state index is -3.60. The number of nitrogens with zero attached hydrogens (tertiary/aromatic N) is 1. The number of sulfonamides is 1. The van der Waals surface area contributed by atoms with E-state index in [9.17, 15) is 13.2 Å². The number of urea groups is 1. The molecule has 6 nitrogen and oxygen atoms in total. The highest BCUT2D eigenvalue weighted by molar-refractivity contribution is 7.99. The third kappa shape index (κ3) is 5.90. The fourth-order valence-electron chi connectivity index (χ4n) is 2.90. The molecule has 3 N–H and O–H groups in total. The van der Waals surface area contributed by atoms with Crippen molar-refractivity contribution in [2.75, 3.05) is 17.6 Å². The first-order chi connectivity index (χ1) is 11.7. The van der Waals surface area contributed by atoms with Gasteiger partial charge in [-0.15, -0.1) is 11.8 Å². The molecular formula is C17H27N3O3S2. The van der Waals surface area contributed by atoms with Gasteiger partial charge in [0, 0.05) is 28.4 Å². The van der Waals surface area contributed by atoms with Crippen LogP contribution < -0.4 is 10.5 Å². The Morgan fingerprint density at radius 3 is 2.80 bits per heavy atom. The summed E-state index contributed by atoms with van der Waals surface area (Å²) in [7, 11) is -3.60. The number of hydrogen-bond donors (Lipinski definition) is 2. The van der Waals surface area contributed by atoms with E-state index in [-0.39, 0.29) is 17.8 Å². The van der Waals surface area contributed by atoms with Gasteiger partial charge in [-0.05, 0) is 49.9 Å². The number of carbonyl (C=O) groups is 1. The maximum atomic E-state index is 12.5. The van der Waals surface area contributed by atoms with Crippen molar-refractivity contribution in [2.45, 2.75) is 56.2 Å². The molecule has 0 unspecified atom stereocenters. The van der Waals surface area contributed by atoms with E-state index in [1.54, 1.807) is 4.90 Å². The van der Waals surface area contributed by atoms with E-state index in [4.69, 9.17) is 5.14 Å². The van der Waals surface area contributed by atoms with Crippen molar-refractivity contribution in [3.8, 4) is 0 Å². The quantitative estimate of drug-likeness (QED) is 0.736. The lowest BCUT2D eigenvalue weighted by molar-refractivity contribution is 0.210. The molecule has 2 rings (SSSR count). The third-order valence-corrected chi connectivity index (χ3v) is 6.53. The van der Waals surface area contributed by atoms with Crippen molar-refractivity contribution >= 4 is 33.5 Å². The zero-order chi connectivity index (χ0) is 18.6. The molecule has 2 amide bonds. The summed E-state index contributed by atoms with van der Waals surface area (Å²) in [6.07, 6.45) is 2.55. The summed E-state index contributed by atoms with van der Waals surface area (Å²) >= 11 is 1.81. The SMILES string of the molecule is CC[C@H](C)Sc1ccc(NC(=O)N2CCC[C@H]2CS(N)(=O)=O)c(C)c1. The molecule has 1 aromatic carbocycles. The van der Waals surface area contributed by atoms with Gasteiger partial charge in [-0.2, -0.15) is 0 Å². The van der Waals surface area contributed by atoms with E-state index in [1.165, 1.54) is 4.90 Å². The van der Waals surface area contributed by atoms with Gasteiger partial charge in [0.25, 0.3) is 0 Å². The second kappa shape index (κ2) is 8.42. The van der Waals surface area contributed by atoms with Crippen LogP contribution in [0.2, 0.25) is 0 Å². The predicted molar refractivity (Wildman–Crippen MR) is 104 cm³/mol. The Kier molecular flexibility index (Phi) is 6.76. The Balaban J connectivity index is 2.04. The molecule has 2 atom stereocenters. The Bertz CT molecular complexity index is 722. The summed E-state index contributed by atoms with van der Waals surface area (Å²) < 4.78 is 22.7. The van der Waals surface area contributed by atoms with Crippen LogP contribution in [0.1, 0.15) is 38.7 Å². The Labute approximate surface area is 154 Å². The van der Waals surface area contributed by atoms with Crippen LogP contribution in [0.15, 0.2) is 23.1 Å². The molecule has 1 aliphatic heterocycles. The summed E-state index contributed by atoms with van der Waals surface area (Å²) in [5.74, 6) is -0.191. The molecule has 1 fully saturated rings. The van der Waals surface area contributed by atoms with Crippen LogP contribution in [0.25, 0.3) is 0 Å². The van der Waals surface area contributed by atoms with Crippen LogP contribution >= 0.6 is 11.8 Å². The van der Waals surface area contributed by atoms with Crippen LogP contribution in [0.3, 0.4) is 0 Å². The van der Waals surface area contributed by atoms with Crippen molar-refractivity contribution in [1.29, 1.82) is 0 Å². The lowest BCUT2D eigenvalue weighted by Crippen LogP contribution is -2.43. The minimum Gasteiger partial charge on any atom is -0.320 e. The maximum Gasteiger partial charge on any atom is 0.322 e. The van der Waals surface area contributed by atoms with Gasteiger partial charge >= 0.3 is 6.03 Å². The number of anilines is 1. The van der Waals surface area contributed by atoms with Crippen molar-refractivity contribution in [3.05, 3.63) is 23.8 Å². The summed E-state index contributed by atoms with van der Waals surface area (Å²) in [6, 6.07) is 5.36. The zero-order valence-electron chi connectivity index (χ0n) is 15.0. The Morgan fingerprint density at radius 2 is 2.20 bits per heavy atom. The molecule has 140 valence electrons. The molecule has 0 aliphatic carbocycles. The van der Waals surface area contributed by atoms with Crippen LogP contribution in [0.4, 0.5) is 10.5 Å². The average Bonchev–Trinajstić information content (AvgIpc) is 2.95. The molecule has 0 radical (unpaired) electrons. The molecule has 1 aromatic rings. The van der Waals surface area contributed by atoms with Gasteiger partial charge in [-0.3, -0.25) is 0 Å². The molecule has 0 aromatic heterocycles. The van der Waals surface area contributed by atoms with Gasteiger partial charge < -0.3 is 10.2 Å². The van der Waals surface area contributed by atoms with E-state index < -0.39 is 10.0 Å². The predicted octanol–water partition coefficient (Wildman–Crippen LogP) is 3.17. The highest BCUT2D eigenvalue weighted by atomic mass is 32.2. The van der Waals surface area contributed by atoms with E-state index in [0.29, 0.717) is 18.2 Å². The highest BCUT2D eigenvalue weighted by Crippen LogP contribution is 2.29. The summed E-state index contributed by atoms with van der Waals surface area (Å²) in [6.45, 7) is 6.86. The lowest BCUT2D eigenvalue weighted by Gasteiger charge is -2.24. The van der Waals surface area contributed by atoms with Crippen molar-refractivity contribution in [1.82, 2.24) is 4.90 Å². The standard InChI is InChI=1S/C17H27N3O3S2/c1-4-13(3)24-15-7-8-16(12(2)10-15)19-17(21)20-9-5-6-14(20)11-25(18,22)23/h7-8,10,13-14H,4-6,9,11H2,1-3H3,(H,19,21)(H2,18,22,23)/t13-,14-/m0/s1. The largest absolute Gasteiger partial charge is 0.322 e. The number of primary sulfonamides is 1. The van der Waals surface area contributed by atoms with E-state index in [1.807, 2.05) is 30.8 Å². The van der Waals surface area contributed by atoms with Crippen molar-refractivity contribution in [2.24, 2.45) is 5.14 Å². The fraction of sp³-hybridized carbons (Fsp3) is 0.588. The Hall–Kier alpha value is -1.25. The molecule has 1 heterocycles. The first kappa shape index (κ1) is 20.1. The Morgan fingerprint density at radius 1 is 1.48 bits per heavy atom. The lowest BCUT2D eigenvalue weighted by atomic mass is 10.2. The number of thioether (sulfide) groups is 1. The van der Waals surface area contributed by atoms with E-state index in [0.717, 1.165) is 24.1 Å². The highest BCUT2D eigenvalue weighted by Gasteiger charge is 2.31. The molecular weight excluding hydrogens is 358 g/mol. The first-order valence-electron chi connectivity index (χ1n) is 8.55. The number of likely N-dealkylation sites (tertiary alicyclic amines) is 1. The number of carbonyl (C=O) groups excluding carboxylic acids is 1. The first-order valence-corrected chi connectivity index (χ1v) is 11.1. The number of benzene rings is 1. The molecule has 0 bridgehead atoms. The monoisotopic (exact) mass is 385 g/mol. The second-order valence-corrected chi connectivity index (χ2v) is 9.73. The molecule has 0 saturated carbocycles. The van der Waals surface area contributed by atoms with Crippen LogP contribution in [-0.2, 0) is 10.0 Å². The molecule has 8 heteroatoms. The van der Waals surface area contributed by atoms with E-state index in [2.05, 4.69) is 25.2 Å². The average molecular weight is 386 g/mol. The fourth-order valence-corrected chi connectivity index (χ4v) is 4.80. The van der Waals surface area contributed by atoms with Crippen molar-refractivity contribution in [3.63, 3.8) is 0 Å². The minimum absolute atomic E-state index is 0.191. The van der Waals surface area contributed by atoms with Gasteiger partial charge in [-0.25, -0.2) is 18.4 Å². The van der Waals surface area contributed by atoms with Gasteiger partial charge in [0.2, 0.25) is 10.0 Å². The van der Waals surface area contributed by atoms with Crippen LogP contribution in [-0.4, -0.2) is 42.9 Å². The summed E-state index contributed by atoms with van der Waals surface area (Å²) in [4.78, 5) is 15.3. The third-order valence-electron chi connectivity index (χ3n) is 4.41. The normalized spacial score (nSPS) is 19.0. The zero-order valence-corrected chi connectivity index (χ0v) is 16.6. The van der Waals surface area contributed by atoms with Gasteiger partial charge in [0.05, 0.1) is 5.75 Å². The summed E-state index contributed by atoms with van der Waals surface area (Å²) in [5, 5.41) is 8.58. The number of nitrogens with one attached hydrogen (secondary N) is 1. The van der Waals surface area contributed by atoms with Crippen LogP contribution in [0, 0.1) is 6.92 Å². The number of aryl methyl sites for hydroxylation is 1. The maximum absolute atomic E-state index is 12.5. The number of rotatable bonds is 6. The molecule has 25 heavy (non-hydrogen) atoms. The second-order valence-electron chi connectivity index (χ2n) is 6.56. The smallest absolute Gasteiger partial charge is 0.320 e. The number of amides is 2. The van der Waals surface area contributed by atoms with Gasteiger partial charge in [0.15, 0.2) is 0 Å². The number of nitrogens with two attached hydrogens (primary N) is 1. The van der Waals surface area contributed by atoms with Crippen molar-refractivity contribution < 1.29 is 13.2 Å². The molecule has 0 spiro atoms. The van der Waals surface area contributed by atoms with Crippen LogP contribution in [0.5, 0.6) is 0 Å². The van der Waals surface area contributed by atoms with E-state index >= 15 is 0 Å².